The van der Waals surface area contributed by atoms with Gasteiger partial charge < -0.3 is 9.64 Å². The second-order valence-corrected chi connectivity index (χ2v) is 8.10. The molecule has 2 saturated carbocycles. The maximum Gasteiger partial charge on any atom is 0.307 e. The van der Waals surface area contributed by atoms with Gasteiger partial charge in [-0.05, 0) is 42.7 Å². The molecule has 3 rings (SSSR count). The van der Waals surface area contributed by atoms with Gasteiger partial charge in [0.05, 0.1) is 6.42 Å². The fraction of sp³-hybridized carbons (Fsp3) is 0.650. The number of carbonyl (C=O) groups is 1. The first kappa shape index (κ1) is 16.4. The lowest BCUT2D eigenvalue weighted by Gasteiger charge is -2.38. The van der Waals surface area contributed by atoms with Crippen molar-refractivity contribution < 1.29 is 9.53 Å². The molecule has 0 radical (unpaired) electrons. The number of anilines is 1. The molecule has 0 saturated heterocycles. The molecule has 0 aromatic heterocycles. The van der Waals surface area contributed by atoms with E-state index in [9.17, 15) is 4.79 Å². The zero-order chi connectivity index (χ0) is 16.7. The van der Waals surface area contributed by atoms with Crippen molar-refractivity contribution in [1.82, 2.24) is 0 Å². The van der Waals surface area contributed by atoms with Gasteiger partial charge in [0.1, 0.15) is 6.10 Å². The van der Waals surface area contributed by atoms with Crippen LogP contribution in [0, 0.1) is 16.7 Å². The van der Waals surface area contributed by atoms with Gasteiger partial charge in [-0.2, -0.15) is 0 Å². The van der Waals surface area contributed by atoms with Crippen molar-refractivity contribution in [2.75, 3.05) is 18.5 Å². The van der Waals surface area contributed by atoms with Crippen molar-refractivity contribution in [1.29, 1.82) is 0 Å². The smallest absolute Gasteiger partial charge is 0.307 e. The van der Waals surface area contributed by atoms with E-state index in [-0.39, 0.29) is 17.5 Å². The summed E-state index contributed by atoms with van der Waals surface area (Å²) in [5.74, 6) is 0.652. The van der Waals surface area contributed by atoms with E-state index in [1.165, 1.54) is 12.8 Å². The Morgan fingerprint density at radius 1 is 1.26 bits per heavy atom. The minimum Gasteiger partial charge on any atom is -0.462 e. The number of rotatable bonds is 5. The van der Waals surface area contributed by atoms with Crippen LogP contribution in [0.25, 0.3) is 0 Å². The quantitative estimate of drug-likeness (QED) is 0.760. The Kier molecular flexibility index (Phi) is 4.16. The Morgan fingerprint density at radius 2 is 1.96 bits per heavy atom. The number of hydrogen-bond donors (Lipinski definition) is 0. The maximum atomic E-state index is 12.3. The number of ether oxygens (including phenoxy) is 1. The summed E-state index contributed by atoms with van der Waals surface area (Å²) in [5, 5.41) is 0. The monoisotopic (exact) mass is 315 g/mol. The molecule has 2 fully saturated rings. The Labute approximate surface area is 140 Å². The average Bonchev–Trinajstić information content (AvgIpc) is 2.87. The summed E-state index contributed by atoms with van der Waals surface area (Å²) in [4.78, 5) is 14.4. The van der Waals surface area contributed by atoms with Gasteiger partial charge in [-0.1, -0.05) is 39.0 Å². The van der Waals surface area contributed by atoms with E-state index in [4.69, 9.17) is 4.74 Å². The Balaban J connectivity index is 1.53. The first-order valence-corrected chi connectivity index (χ1v) is 8.80. The normalized spacial score (nSPS) is 31.1. The molecule has 126 valence electrons. The van der Waals surface area contributed by atoms with Crippen LogP contribution >= 0.6 is 0 Å². The first-order valence-electron chi connectivity index (χ1n) is 8.80. The molecule has 3 heteroatoms. The second kappa shape index (κ2) is 5.85. The van der Waals surface area contributed by atoms with E-state index in [1.54, 1.807) is 0 Å². The fourth-order valence-corrected chi connectivity index (χ4v) is 4.60. The largest absolute Gasteiger partial charge is 0.462 e. The van der Waals surface area contributed by atoms with Crippen molar-refractivity contribution >= 4 is 11.7 Å². The summed E-state index contributed by atoms with van der Waals surface area (Å²) < 4.78 is 5.90. The third kappa shape index (κ3) is 2.75. The molecular formula is C20H29NO2. The maximum absolute atomic E-state index is 12.3. The van der Waals surface area contributed by atoms with Crippen molar-refractivity contribution in [3.05, 3.63) is 30.3 Å². The van der Waals surface area contributed by atoms with Crippen molar-refractivity contribution in [2.45, 2.75) is 52.6 Å². The second-order valence-electron chi connectivity index (χ2n) is 8.10. The first-order chi connectivity index (χ1) is 10.8. The van der Waals surface area contributed by atoms with Crippen LogP contribution in [0.5, 0.6) is 0 Å². The van der Waals surface area contributed by atoms with Gasteiger partial charge in [0.15, 0.2) is 0 Å². The highest BCUT2D eigenvalue weighted by molar-refractivity contribution is 5.70. The van der Waals surface area contributed by atoms with Gasteiger partial charge in [0.25, 0.3) is 0 Å². The van der Waals surface area contributed by atoms with Gasteiger partial charge in [0.2, 0.25) is 0 Å². The predicted molar refractivity (Wildman–Crippen MR) is 93.4 cm³/mol. The molecule has 3 nitrogen and oxygen atoms in total. The number of esters is 1. The standard InChI is InChI=1S/C20H29NO2/c1-19(2)15-10-12-20(19,3)17(14-15)23-18(22)11-13-21(4)16-8-6-5-7-9-16/h5-9,15,17H,10-14H2,1-4H3/t15?,17?,20-/m0/s1. The van der Waals surface area contributed by atoms with Crippen molar-refractivity contribution in [2.24, 2.45) is 16.7 Å². The highest BCUT2D eigenvalue weighted by Crippen LogP contribution is 2.66. The lowest BCUT2D eigenvalue weighted by Crippen LogP contribution is -2.38. The van der Waals surface area contributed by atoms with Gasteiger partial charge in [-0.3, -0.25) is 4.79 Å². The van der Waals surface area contributed by atoms with Crippen LogP contribution in [0.2, 0.25) is 0 Å². The molecule has 2 aliphatic rings. The lowest BCUT2D eigenvalue weighted by molar-refractivity contribution is -0.156. The number of carbonyl (C=O) groups excluding carboxylic acids is 1. The van der Waals surface area contributed by atoms with Crippen LogP contribution in [0.1, 0.15) is 46.5 Å². The number of para-hydroxylation sites is 1. The molecule has 23 heavy (non-hydrogen) atoms. The summed E-state index contributed by atoms with van der Waals surface area (Å²) in [6.45, 7) is 7.70. The fourth-order valence-electron chi connectivity index (χ4n) is 4.60. The van der Waals surface area contributed by atoms with Crippen LogP contribution < -0.4 is 4.90 Å². The molecular weight excluding hydrogens is 286 g/mol. The van der Waals surface area contributed by atoms with E-state index in [1.807, 2.05) is 25.2 Å². The minimum absolute atomic E-state index is 0.0534. The molecule has 0 aliphatic heterocycles. The molecule has 2 aliphatic carbocycles. The minimum atomic E-state index is -0.0534. The third-order valence-electron chi connectivity index (χ3n) is 6.84. The van der Waals surface area contributed by atoms with Gasteiger partial charge in [-0.15, -0.1) is 0 Å². The van der Waals surface area contributed by atoms with Gasteiger partial charge in [-0.25, -0.2) is 0 Å². The van der Waals surface area contributed by atoms with Crippen LogP contribution in [-0.4, -0.2) is 25.7 Å². The van der Waals surface area contributed by atoms with E-state index >= 15 is 0 Å². The molecule has 1 aromatic rings. The topological polar surface area (TPSA) is 29.5 Å². The number of nitrogens with zero attached hydrogens (tertiary/aromatic N) is 1. The summed E-state index contributed by atoms with van der Waals surface area (Å²) >= 11 is 0. The molecule has 1 aromatic carbocycles. The van der Waals surface area contributed by atoms with E-state index in [0.717, 1.165) is 12.1 Å². The van der Waals surface area contributed by atoms with Crippen LogP contribution in [0.15, 0.2) is 30.3 Å². The number of benzene rings is 1. The molecule has 0 heterocycles. The highest BCUT2D eigenvalue weighted by Gasteiger charge is 2.62. The van der Waals surface area contributed by atoms with E-state index < -0.39 is 0 Å². The molecule has 2 bridgehead atoms. The third-order valence-corrected chi connectivity index (χ3v) is 6.84. The Morgan fingerprint density at radius 3 is 2.52 bits per heavy atom. The Bertz CT molecular complexity index is 568. The van der Waals surface area contributed by atoms with Gasteiger partial charge >= 0.3 is 5.97 Å². The molecule has 2 unspecified atom stereocenters. The SMILES string of the molecule is CN(CCC(=O)OC1CC2CC[C@]1(C)C2(C)C)c1ccccc1. The summed E-state index contributed by atoms with van der Waals surface area (Å²) in [7, 11) is 2.02. The predicted octanol–water partition coefficient (Wildman–Crippen LogP) is 4.27. The number of hydrogen-bond acceptors (Lipinski definition) is 3. The summed E-state index contributed by atoms with van der Waals surface area (Å²) in [6.07, 6.45) is 4.07. The summed E-state index contributed by atoms with van der Waals surface area (Å²) in [6, 6.07) is 10.2. The highest BCUT2D eigenvalue weighted by atomic mass is 16.5. The zero-order valence-corrected chi connectivity index (χ0v) is 14.8. The Hall–Kier alpha value is -1.51. The van der Waals surface area contributed by atoms with Crippen LogP contribution in [0.3, 0.4) is 0 Å². The van der Waals surface area contributed by atoms with Gasteiger partial charge in [0, 0.05) is 24.7 Å². The molecule has 0 amide bonds. The molecule has 3 atom stereocenters. The lowest BCUT2D eigenvalue weighted by atomic mass is 9.70. The van der Waals surface area contributed by atoms with E-state index in [0.29, 0.717) is 24.3 Å². The average molecular weight is 315 g/mol. The van der Waals surface area contributed by atoms with Crippen LogP contribution in [0.4, 0.5) is 5.69 Å². The zero-order valence-electron chi connectivity index (χ0n) is 14.8. The molecule has 0 N–H and O–H groups in total. The van der Waals surface area contributed by atoms with E-state index in [2.05, 4.69) is 37.8 Å². The van der Waals surface area contributed by atoms with Crippen molar-refractivity contribution in [3.8, 4) is 0 Å². The molecule has 0 spiro atoms. The van der Waals surface area contributed by atoms with Crippen molar-refractivity contribution in [3.63, 3.8) is 0 Å². The number of fused-ring (bicyclic) bond motifs is 2. The van der Waals surface area contributed by atoms with Crippen LogP contribution in [-0.2, 0) is 9.53 Å². The summed E-state index contributed by atoms with van der Waals surface area (Å²) in [5.41, 5.74) is 1.57.